The summed E-state index contributed by atoms with van der Waals surface area (Å²) in [7, 11) is 0. The number of nitrogens with one attached hydrogen (secondary N) is 1. The molecule has 0 bridgehead atoms. The average molecular weight is 328 g/mol. The normalized spacial score (nSPS) is 23.4. The van der Waals surface area contributed by atoms with E-state index in [-0.39, 0.29) is 6.04 Å². The number of halogens is 1. The maximum atomic E-state index is 13.0. The van der Waals surface area contributed by atoms with Crippen LogP contribution in [0, 0.1) is 5.95 Å². The number of benzene rings is 1. The lowest BCUT2D eigenvalue weighted by Gasteiger charge is -2.21. The topological polar surface area (TPSA) is 43.4 Å². The third-order valence-electron chi connectivity index (χ3n) is 5.03. The van der Waals surface area contributed by atoms with Gasteiger partial charge in [0.2, 0.25) is 12.7 Å². The van der Waals surface area contributed by atoms with Gasteiger partial charge in [-0.05, 0) is 49.8 Å². The first-order valence-electron chi connectivity index (χ1n) is 8.46. The van der Waals surface area contributed by atoms with Gasteiger partial charge in [0.15, 0.2) is 11.5 Å². The zero-order valence-corrected chi connectivity index (χ0v) is 13.7. The minimum atomic E-state index is -0.416. The maximum Gasteiger partial charge on any atom is 0.231 e. The van der Waals surface area contributed by atoms with Crippen molar-refractivity contribution in [3.8, 4) is 11.5 Å². The van der Waals surface area contributed by atoms with Gasteiger partial charge in [0.05, 0.1) is 0 Å². The van der Waals surface area contributed by atoms with Gasteiger partial charge >= 0.3 is 0 Å². The van der Waals surface area contributed by atoms with Crippen molar-refractivity contribution in [2.24, 2.45) is 0 Å². The Hall–Kier alpha value is -2.14. The molecule has 3 unspecified atom stereocenters. The minimum Gasteiger partial charge on any atom is -0.454 e. The molecule has 4 rings (SSSR count). The number of nitrogens with zero attached hydrogens (tertiary/aromatic N) is 1. The summed E-state index contributed by atoms with van der Waals surface area (Å²) in [5.74, 6) is 1.71. The minimum absolute atomic E-state index is 0.191. The molecule has 2 aromatic rings. The molecular formula is C19H21FN2O2. The molecule has 24 heavy (non-hydrogen) atoms. The molecule has 1 aromatic heterocycles. The Morgan fingerprint density at radius 2 is 2.12 bits per heavy atom. The molecular weight excluding hydrogens is 307 g/mol. The van der Waals surface area contributed by atoms with Crippen LogP contribution in [0.4, 0.5) is 4.39 Å². The molecule has 1 fully saturated rings. The average Bonchev–Trinajstić information content (AvgIpc) is 3.24. The van der Waals surface area contributed by atoms with Crippen molar-refractivity contribution < 1.29 is 13.9 Å². The zero-order chi connectivity index (χ0) is 16.5. The third-order valence-corrected chi connectivity index (χ3v) is 5.03. The van der Waals surface area contributed by atoms with Crippen molar-refractivity contribution in [1.82, 2.24) is 10.3 Å². The largest absolute Gasteiger partial charge is 0.454 e. The smallest absolute Gasteiger partial charge is 0.231 e. The van der Waals surface area contributed by atoms with Crippen LogP contribution in [0.5, 0.6) is 11.5 Å². The molecule has 0 radical (unpaired) electrons. The number of aromatic nitrogens is 1. The van der Waals surface area contributed by atoms with Crippen LogP contribution >= 0.6 is 0 Å². The highest BCUT2D eigenvalue weighted by Crippen LogP contribution is 2.40. The molecule has 1 N–H and O–H groups in total. The van der Waals surface area contributed by atoms with E-state index in [2.05, 4.69) is 23.3 Å². The van der Waals surface area contributed by atoms with Crippen LogP contribution in [-0.2, 0) is 0 Å². The standard InChI is InChI=1S/C19H21FN2O2/c1-12(16-3-2-4-17-19(16)24-11-23-17)22-15-7-5-13(9-15)14-6-8-18(20)21-10-14/h2-4,6,8,10,12-13,15,22H,5,7,9,11H2,1H3. The van der Waals surface area contributed by atoms with Crippen LogP contribution in [0.15, 0.2) is 36.5 Å². The first-order chi connectivity index (χ1) is 11.7. The van der Waals surface area contributed by atoms with Crippen LogP contribution in [0.25, 0.3) is 0 Å². The maximum absolute atomic E-state index is 13.0. The number of hydrogen-bond donors (Lipinski definition) is 1. The predicted molar refractivity (Wildman–Crippen MR) is 88.7 cm³/mol. The summed E-state index contributed by atoms with van der Waals surface area (Å²) in [6.07, 6.45) is 4.92. The molecule has 5 heteroatoms. The van der Waals surface area contributed by atoms with E-state index in [0.717, 1.165) is 41.9 Å². The molecule has 0 spiro atoms. The monoisotopic (exact) mass is 328 g/mol. The van der Waals surface area contributed by atoms with Gasteiger partial charge in [-0.1, -0.05) is 18.2 Å². The Labute approximate surface area is 141 Å². The first-order valence-corrected chi connectivity index (χ1v) is 8.46. The summed E-state index contributed by atoms with van der Waals surface area (Å²) in [5, 5.41) is 3.71. The van der Waals surface area contributed by atoms with E-state index >= 15 is 0 Å². The van der Waals surface area contributed by atoms with Crippen molar-refractivity contribution in [1.29, 1.82) is 0 Å². The second-order valence-corrected chi connectivity index (χ2v) is 6.59. The third kappa shape index (κ3) is 2.96. The molecule has 1 aromatic carbocycles. The van der Waals surface area contributed by atoms with Gasteiger partial charge in [0.1, 0.15) is 0 Å². The van der Waals surface area contributed by atoms with Gasteiger partial charge in [-0.3, -0.25) is 0 Å². The van der Waals surface area contributed by atoms with Crippen molar-refractivity contribution >= 4 is 0 Å². The molecule has 0 saturated heterocycles. The van der Waals surface area contributed by atoms with Gasteiger partial charge in [-0.15, -0.1) is 0 Å². The fourth-order valence-electron chi connectivity index (χ4n) is 3.80. The van der Waals surface area contributed by atoms with E-state index in [9.17, 15) is 4.39 Å². The van der Waals surface area contributed by atoms with Crippen molar-refractivity contribution in [2.75, 3.05) is 6.79 Å². The highest BCUT2D eigenvalue weighted by atomic mass is 19.1. The zero-order valence-electron chi connectivity index (χ0n) is 13.7. The van der Waals surface area contributed by atoms with Crippen LogP contribution in [0.3, 0.4) is 0 Å². The molecule has 126 valence electrons. The van der Waals surface area contributed by atoms with E-state index in [4.69, 9.17) is 9.47 Å². The SMILES string of the molecule is CC(NC1CCC(c2ccc(F)nc2)C1)c1cccc2c1OCO2. The van der Waals surface area contributed by atoms with Gasteiger partial charge in [0.25, 0.3) is 0 Å². The fraction of sp³-hybridized carbons (Fsp3) is 0.421. The van der Waals surface area contributed by atoms with E-state index < -0.39 is 5.95 Å². The van der Waals surface area contributed by atoms with Crippen LogP contribution < -0.4 is 14.8 Å². The Kier molecular flexibility index (Phi) is 4.10. The Morgan fingerprint density at radius 1 is 1.21 bits per heavy atom. The fourth-order valence-corrected chi connectivity index (χ4v) is 3.80. The second kappa shape index (κ2) is 6.40. The molecule has 1 saturated carbocycles. The molecule has 3 atom stereocenters. The van der Waals surface area contributed by atoms with Crippen LogP contribution in [-0.4, -0.2) is 17.8 Å². The quantitative estimate of drug-likeness (QED) is 0.864. The van der Waals surface area contributed by atoms with Gasteiger partial charge in [-0.2, -0.15) is 4.39 Å². The molecule has 1 aliphatic carbocycles. The van der Waals surface area contributed by atoms with Gasteiger partial charge in [-0.25, -0.2) is 4.98 Å². The summed E-state index contributed by atoms with van der Waals surface area (Å²) in [6.45, 7) is 2.45. The lowest BCUT2D eigenvalue weighted by atomic mass is 9.99. The molecule has 4 nitrogen and oxygen atoms in total. The predicted octanol–water partition coefficient (Wildman–Crippen LogP) is 3.94. The first kappa shape index (κ1) is 15.4. The molecule has 2 heterocycles. The van der Waals surface area contributed by atoms with E-state index in [1.165, 1.54) is 6.07 Å². The number of hydrogen-bond acceptors (Lipinski definition) is 4. The summed E-state index contributed by atoms with van der Waals surface area (Å²) in [4.78, 5) is 3.78. The molecule has 1 aliphatic heterocycles. The van der Waals surface area contributed by atoms with E-state index in [1.807, 2.05) is 18.2 Å². The molecule has 2 aliphatic rings. The highest BCUT2D eigenvalue weighted by Gasteiger charge is 2.28. The lowest BCUT2D eigenvalue weighted by molar-refractivity contribution is 0.172. The number of para-hydroxylation sites is 1. The second-order valence-electron chi connectivity index (χ2n) is 6.59. The van der Waals surface area contributed by atoms with Crippen LogP contribution in [0.2, 0.25) is 0 Å². The van der Waals surface area contributed by atoms with E-state index in [1.54, 1.807) is 6.20 Å². The number of rotatable bonds is 4. The number of fused-ring (bicyclic) bond motifs is 1. The highest BCUT2D eigenvalue weighted by molar-refractivity contribution is 5.49. The van der Waals surface area contributed by atoms with E-state index in [0.29, 0.717) is 18.8 Å². The van der Waals surface area contributed by atoms with Crippen molar-refractivity contribution in [2.45, 2.75) is 44.2 Å². The van der Waals surface area contributed by atoms with Gasteiger partial charge < -0.3 is 14.8 Å². The Balaban J connectivity index is 1.41. The summed E-state index contributed by atoms with van der Waals surface area (Å²) < 4.78 is 24.0. The summed E-state index contributed by atoms with van der Waals surface area (Å²) >= 11 is 0. The van der Waals surface area contributed by atoms with Gasteiger partial charge in [0, 0.05) is 23.8 Å². The molecule has 0 amide bonds. The summed E-state index contributed by atoms with van der Waals surface area (Å²) in [6, 6.07) is 9.96. The summed E-state index contributed by atoms with van der Waals surface area (Å²) in [5.41, 5.74) is 2.27. The van der Waals surface area contributed by atoms with Crippen molar-refractivity contribution in [3.63, 3.8) is 0 Å². The number of pyridine rings is 1. The van der Waals surface area contributed by atoms with Crippen LogP contribution in [0.1, 0.15) is 49.3 Å². The van der Waals surface area contributed by atoms with Crippen molar-refractivity contribution in [3.05, 3.63) is 53.6 Å². The lowest BCUT2D eigenvalue weighted by Crippen LogP contribution is -2.29. The Bertz CT molecular complexity index is 720. The number of ether oxygens (including phenoxy) is 2. The Morgan fingerprint density at radius 3 is 2.96 bits per heavy atom.